The second kappa shape index (κ2) is 10.9. The number of hydrogen-bond acceptors (Lipinski definition) is 0. The first-order valence-electron chi connectivity index (χ1n) is 12.1. The van der Waals surface area contributed by atoms with Crippen molar-refractivity contribution in [2.45, 2.75) is 107 Å². The number of unbranched alkanes of at least 4 members (excludes halogenated alkanes) is 4. The Hall–Kier alpha value is -0.780. The van der Waals surface area contributed by atoms with E-state index in [0.29, 0.717) is 12.3 Å². The quantitative estimate of drug-likeness (QED) is 0.252. The van der Waals surface area contributed by atoms with Crippen molar-refractivity contribution in [3.8, 4) is 0 Å². The van der Waals surface area contributed by atoms with Gasteiger partial charge in [0.15, 0.2) is 5.67 Å². The van der Waals surface area contributed by atoms with Crippen LogP contribution in [-0.4, -0.2) is 6.17 Å². The number of hydrogen-bond donors (Lipinski definition) is 0. The minimum absolute atomic E-state index is 0.0534. The Balaban J connectivity index is 1.48. The summed E-state index contributed by atoms with van der Waals surface area (Å²) in [4.78, 5) is -0.744. The second-order valence-electron chi connectivity index (χ2n) is 9.78. The molecule has 2 aliphatic carbocycles. The third kappa shape index (κ3) is 6.39. The first-order valence-corrected chi connectivity index (χ1v) is 13.4. The molecule has 0 aliphatic heterocycles. The van der Waals surface area contributed by atoms with Gasteiger partial charge in [0.25, 0.3) is 0 Å². The molecule has 0 radical (unpaired) electrons. The Morgan fingerprint density at radius 3 is 2.10 bits per heavy atom. The summed E-state index contributed by atoms with van der Waals surface area (Å²) >= 11 is -5.34. The number of alkyl halides is 2. The van der Waals surface area contributed by atoms with Crippen molar-refractivity contribution in [3.05, 3.63) is 29.8 Å². The van der Waals surface area contributed by atoms with E-state index in [0.717, 1.165) is 43.0 Å². The predicted molar refractivity (Wildman–Crippen MR) is 119 cm³/mol. The summed E-state index contributed by atoms with van der Waals surface area (Å²) in [6.45, 7) is 2.23. The van der Waals surface area contributed by atoms with Crippen molar-refractivity contribution in [1.82, 2.24) is 0 Å². The lowest BCUT2D eigenvalue weighted by Crippen LogP contribution is -2.40. The molecule has 3 atom stereocenters. The summed E-state index contributed by atoms with van der Waals surface area (Å²) in [6, 6.07) is 4.06. The summed E-state index contributed by atoms with van der Waals surface area (Å²) in [5.41, 5.74) is -2.11. The molecule has 3 rings (SSSR count). The topological polar surface area (TPSA) is 0 Å². The fourth-order valence-corrected chi connectivity index (χ4v) is 6.19. The Morgan fingerprint density at radius 2 is 1.52 bits per heavy atom. The van der Waals surface area contributed by atoms with E-state index in [9.17, 15) is 11.7 Å². The average molecular weight is 465 g/mol. The summed E-state index contributed by atoms with van der Waals surface area (Å²) in [5.74, 6) is 1.45. The third-order valence-electron chi connectivity index (χ3n) is 7.76. The van der Waals surface area contributed by atoms with Gasteiger partial charge in [-0.3, -0.25) is 0 Å². The molecule has 0 amide bonds. The number of benzene rings is 1. The van der Waals surface area contributed by atoms with Crippen LogP contribution in [0.2, 0.25) is 0 Å². The van der Waals surface area contributed by atoms with Crippen molar-refractivity contribution in [2.24, 2.45) is 17.8 Å². The third-order valence-corrected chi connectivity index (χ3v) is 8.57. The van der Waals surface area contributed by atoms with Gasteiger partial charge in [-0.2, -0.15) is 0 Å². The van der Waals surface area contributed by atoms with Crippen LogP contribution in [0.1, 0.15) is 96.0 Å². The van der Waals surface area contributed by atoms with E-state index >= 15 is 8.78 Å². The molecule has 0 N–H and O–H groups in total. The largest absolute Gasteiger partial charge is 0.244 e. The van der Waals surface area contributed by atoms with Crippen molar-refractivity contribution >= 4 is 11.2 Å². The lowest BCUT2D eigenvalue weighted by Gasteiger charge is -2.42. The van der Waals surface area contributed by atoms with Crippen LogP contribution in [0.3, 0.4) is 0 Å². The molecular weight excluding hydrogens is 427 g/mol. The average Bonchev–Trinajstić information content (AvgIpc) is 2.75. The van der Waals surface area contributed by atoms with Gasteiger partial charge in [-0.15, -0.1) is 11.7 Å². The van der Waals surface area contributed by atoms with Crippen LogP contribution < -0.4 is 0 Å². The monoisotopic (exact) mass is 464 g/mol. The lowest BCUT2D eigenvalue weighted by molar-refractivity contribution is -0.0274. The van der Waals surface area contributed by atoms with Gasteiger partial charge in [0.1, 0.15) is 6.17 Å². The van der Waals surface area contributed by atoms with Gasteiger partial charge in [-0.25, -0.2) is 8.78 Å². The first-order chi connectivity index (χ1) is 14.7. The van der Waals surface area contributed by atoms with Crippen LogP contribution in [0, 0.1) is 17.8 Å². The molecule has 0 heterocycles. The van der Waals surface area contributed by atoms with Crippen LogP contribution in [0.15, 0.2) is 29.2 Å². The minimum Gasteiger partial charge on any atom is -0.244 e. The van der Waals surface area contributed by atoms with E-state index in [-0.39, 0.29) is 24.3 Å². The highest BCUT2D eigenvalue weighted by molar-refractivity contribution is 8.20. The maximum Gasteiger partial charge on any atom is 0.237 e. The normalized spacial score (nSPS) is 32.7. The van der Waals surface area contributed by atoms with E-state index in [2.05, 4.69) is 6.92 Å². The zero-order valence-corrected chi connectivity index (χ0v) is 19.4. The van der Waals surface area contributed by atoms with E-state index in [1.54, 1.807) is 0 Å². The highest BCUT2D eigenvalue weighted by atomic mass is 32.3. The van der Waals surface area contributed by atoms with E-state index in [1.165, 1.54) is 51.4 Å². The molecule has 178 valence electrons. The lowest BCUT2D eigenvalue weighted by atomic mass is 9.66. The minimum atomic E-state index is -5.34. The highest BCUT2D eigenvalue weighted by Gasteiger charge is 2.47. The van der Waals surface area contributed by atoms with Crippen molar-refractivity contribution in [1.29, 1.82) is 0 Å². The maximum absolute atomic E-state index is 15.5. The zero-order valence-electron chi connectivity index (χ0n) is 18.6. The molecule has 6 heteroatoms. The van der Waals surface area contributed by atoms with E-state index in [4.69, 9.17) is 0 Å². The van der Waals surface area contributed by atoms with E-state index < -0.39 is 27.9 Å². The Kier molecular flexibility index (Phi) is 8.73. The highest BCUT2D eigenvalue weighted by Crippen LogP contribution is 2.61. The molecule has 2 saturated carbocycles. The predicted octanol–water partition coefficient (Wildman–Crippen LogP) is 9.97. The van der Waals surface area contributed by atoms with Gasteiger partial charge in [0, 0.05) is 0 Å². The molecule has 0 nitrogen and oxygen atoms in total. The fraction of sp³-hybridized carbons (Fsp3) is 0.760. The molecule has 2 fully saturated rings. The van der Waals surface area contributed by atoms with Crippen molar-refractivity contribution in [3.63, 3.8) is 0 Å². The maximum atomic E-state index is 15.5. The zero-order chi connectivity index (χ0) is 22.5. The Morgan fingerprint density at radius 1 is 0.871 bits per heavy atom. The smallest absolute Gasteiger partial charge is 0.237 e. The van der Waals surface area contributed by atoms with Crippen molar-refractivity contribution < 1.29 is 20.4 Å². The summed E-state index contributed by atoms with van der Waals surface area (Å²) < 4.78 is 69.1. The SMILES string of the molecule is CCCCCCCC1CCC(C2CCC(F)(c3ccc(S(F)(F)F)cc3)C(F)C2)CC1. The molecular formula is C25H37F5S. The molecule has 0 bridgehead atoms. The van der Waals surface area contributed by atoms with Gasteiger partial charge in [-0.05, 0) is 67.6 Å². The van der Waals surface area contributed by atoms with Gasteiger partial charge in [0.05, 0.1) is 4.90 Å². The number of halogens is 5. The van der Waals surface area contributed by atoms with Crippen LogP contribution in [0.4, 0.5) is 20.4 Å². The molecule has 1 aromatic carbocycles. The van der Waals surface area contributed by atoms with Gasteiger partial charge in [-0.1, -0.05) is 70.4 Å². The van der Waals surface area contributed by atoms with Crippen molar-refractivity contribution in [2.75, 3.05) is 0 Å². The second-order valence-corrected chi connectivity index (χ2v) is 11.1. The van der Waals surface area contributed by atoms with Gasteiger partial charge < -0.3 is 0 Å². The first kappa shape index (κ1) is 24.9. The van der Waals surface area contributed by atoms with Crippen LogP contribution in [-0.2, 0) is 5.67 Å². The molecule has 0 saturated heterocycles. The Bertz CT molecular complexity index is 665. The van der Waals surface area contributed by atoms with E-state index in [1.807, 2.05) is 0 Å². The van der Waals surface area contributed by atoms with Gasteiger partial charge >= 0.3 is 0 Å². The number of rotatable bonds is 9. The molecule has 2 aliphatic rings. The summed E-state index contributed by atoms with van der Waals surface area (Å²) in [5, 5.41) is 0. The van der Waals surface area contributed by atoms with Crippen LogP contribution >= 0.6 is 11.2 Å². The van der Waals surface area contributed by atoms with Crippen LogP contribution in [0.25, 0.3) is 0 Å². The summed E-state index contributed by atoms with van der Waals surface area (Å²) in [6.07, 6.45) is 11.7. The standard InChI is InChI=1S/C25H37F5S/c1-2-3-4-5-6-7-19-8-10-20(11-9-19)21-16-17-25(27,24(26)18-21)22-12-14-23(15-13-22)31(28,29)30/h12-15,19-21,24H,2-11,16-18H2,1H3. The molecule has 1 aromatic rings. The van der Waals surface area contributed by atoms with Gasteiger partial charge in [0.2, 0.25) is 11.2 Å². The molecule has 0 aromatic heterocycles. The fourth-order valence-electron chi connectivity index (χ4n) is 5.75. The molecule has 31 heavy (non-hydrogen) atoms. The molecule has 3 unspecified atom stereocenters. The van der Waals surface area contributed by atoms with Crippen LogP contribution in [0.5, 0.6) is 0 Å². The molecule has 0 spiro atoms. The summed E-state index contributed by atoms with van der Waals surface area (Å²) in [7, 11) is 0. The Labute approximate surface area is 186 Å².